The van der Waals surface area contributed by atoms with Gasteiger partial charge >= 0.3 is 7.12 Å². The van der Waals surface area contributed by atoms with E-state index in [2.05, 4.69) is 0 Å². The number of hydrogen-bond acceptors (Lipinski definition) is 3. The van der Waals surface area contributed by atoms with Gasteiger partial charge in [-0.2, -0.15) is 0 Å². The van der Waals surface area contributed by atoms with Crippen LogP contribution in [0.2, 0.25) is 0 Å². The SMILES string of the molecule is OB(O)c1ccc(SC2CCCCCC2)cc1. The highest BCUT2D eigenvalue weighted by molar-refractivity contribution is 8.00. The molecule has 1 aromatic rings. The zero-order valence-electron chi connectivity index (χ0n) is 10.0. The Kier molecular flexibility index (Phi) is 4.95. The molecule has 0 saturated heterocycles. The van der Waals surface area contributed by atoms with Crippen LogP contribution >= 0.6 is 11.8 Å². The molecule has 0 atom stereocenters. The Hall–Kier alpha value is -0.445. The van der Waals surface area contributed by atoms with Gasteiger partial charge in [0.2, 0.25) is 0 Å². The summed E-state index contributed by atoms with van der Waals surface area (Å²) < 4.78 is 0. The van der Waals surface area contributed by atoms with E-state index in [1.807, 2.05) is 23.9 Å². The lowest BCUT2D eigenvalue weighted by atomic mass is 9.81. The first-order chi connectivity index (χ1) is 8.25. The molecule has 1 aliphatic carbocycles. The predicted octanol–water partition coefficient (Wildman–Crippen LogP) is 2.18. The molecule has 17 heavy (non-hydrogen) atoms. The van der Waals surface area contributed by atoms with Gasteiger partial charge in [-0.05, 0) is 30.4 Å². The number of hydrogen-bond donors (Lipinski definition) is 2. The monoisotopic (exact) mass is 250 g/mol. The molecule has 0 spiro atoms. The minimum atomic E-state index is -1.35. The molecule has 0 amide bonds. The van der Waals surface area contributed by atoms with Crippen molar-refractivity contribution < 1.29 is 10.0 Å². The molecule has 0 unspecified atom stereocenters. The first-order valence-corrected chi connectivity index (χ1v) is 7.26. The third kappa shape index (κ3) is 4.05. The lowest BCUT2D eigenvalue weighted by molar-refractivity contribution is 0.426. The van der Waals surface area contributed by atoms with E-state index in [-0.39, 0.29) is 0 Å². The fourth-order valence-electron chi connectivity index (χ4n) is 2.27. The molecule has 0 heterocycles. The number of benzene rings is 1. The zero-order valence-corrected chi connectivity index (χ0v) is 10.8. The largest absolute Gasteiger partial charge is 0.488 e. The van der Waals surface area contributed by atoms with Crippen LogP contribution in [0, 0.1) is 0 Å². The van der Waals surface area contributed by atoms with Crippen LogP contribution in [0.4, 0.5) is 0 Å². The predicted molar refractivity (Wildman–Crippen MR) is 73.6 cm³/mol. The first kappa shape index (κ1) is 13.0. The summed E-state index contributed by atoms with van der Waals surface area (Å²) in [4.78, 5) is 1.24. The van der Waals surface area contributed by atoms with Crippen LogP contribution in [-0.4, -0.2) is 22.4 Å². The average Bonchev–Trinajstić information content (AvgIpc) is 2.58. The second-order valence-corrected chi connectivity index (χ2v) is 6.05. The molecule has 1 aromatic carbocycles. The lowest BCUT2D eigenvalue weighted by Gasteiger charge is -2.13. The molecule has 0 aromatic heterocycles. The summed E-state index contributed by atoms with van der Waals surface area (Å²) in [6.45, 7) is 0. The standard InChI is InChI=1S/C13H19BO2S/c15-14(16)11-7-9-13(10-8-11)17-12-5-3-1-2-4-6-12/h7-10,12,15-16H,1-6H2. The van der Waals surface area contributed by atoms with Crippen LogP contribution in [-0.2, 0) is 0 Å². The Balaban J connectivity index is 1.93. The molecular formula is C13H19BO2S. The molecule has 0 radical (unpaired) electrons. The van der Waals surface area contributed by atoms with Crippen molar-refractivity contribution in [2.24, 2.45) is 0 Å². The fourth-order valence-corrected chi connectivity index (χ4v) is 3.52. The van der Waals surface area contributed by atoms with Crippen LogP contribution in [0.15, 0.2) is 29.2 Å². The normalized spacial score (nSPS) is 17.8. The van der Waals surface area contributed by atoms with Crippen molar-refractivity contribution in [3.8, 4) is 0 Å². The zero-order chi connectivity index (χ0) is 12.1. The van der Waals surface area contributed by atoms with Crippen molar-refractivity contribution in [3.63, 3.8) is 0 Å². The highest BCUT2D eigenvalue weighted by Gasteiger charge is 2.14. The van der Waals surface area contributed by atoms with Gasteiger partial charge in [-0.25, -0.2) is 0 Å². The maximum absolute atomic E-state index is 9.02. The van der Waals surface area contributed by atoms with Gasteiger partial charge in [0.1, 0.15) is 0 Å². The van der Waals surface area contributed by atoms with Gasteiger partial charge in [0.15, 0.2) is 0 Å². The smallest absolute Gasteiger partial charge is 0.423 e. The molecule has 92 valence electrons. The van der Waals surface area contributed by atoms with Crippen molar-refractivity contribution in [3.05, 3.63) is 24.3 Å². The third-order valence-corrected chi connectivity index (χ3v) is 4.63. The summed E-state index contributed by atoms with van der Waals surface area (Å²) in [7, 11) is -1.35. The highest BCUT2D eigenvalue weighted by atomic mass is 32.2. The second-order valence-electron chi connectivity index (χ2n) is 4.67. The molecule has 4 heteroatoms. The maximum atomic E-state index is 9.02. The van der Waals surface area contributed by atoms with E-state index in [1.165, 1.54) is 43.4 Å². The Morgan fingerprint density at radius 2 is 1.53 bits per heavy atom. The topological polar surface area (TPSA) is 40.5 Å². The van der Waals surface area contributed by atoms with Gasteiger partial charge in [0, 0.05) is 10.1 Å². The average molecular weight is 250 g/mol. The summed E-state index contributed by atoms with van der Waals surface area (Å²) in [5.74, 6) is 0. The van der Waals surface area contributed by atoms with Crippen molar-refractivity contribution in [1.82, 2.24) is 0 Å². The van der Waals surface area contributed by atoms with Gasteiger partial charge in [0.25, 0.3) is 0 Å². The van der Waals surface area contributed by atoms with Crippen LogP contribution in [0.25, 0.3) is 0 Å². The number of rotatable bonds is 3. The van der Waals surface area contributed by atoms with Crippen molar-refractivity contribution in [2.75, 3.05) is 0 Å². The molecule has 2 N–H and O–H groups in total. The summed E-state index contributed by atoms with van der Waals surface area (Å²) in [6, 6.07) is 7.57. The van der Waals surface area contributed by atoms with E-state index in [0.29, 0.717) is 5.46 Å². The minimum Gasteiger partial charge on any atom is -0.423 e. The van der Waals surface area contributed by atoms with Gasteiger partial charge in [-0.1, -0.05) is 37.8 Å². The van der Waals surface area contributed by atoms with Crippen LogP contribution < -0.4 is 5.46 Å². The fraction of sp³-hybridized carbons (Fsp3) is 0.538. The molecule has 2 nitrogen and oxygen atoms in total. The quantitative estimate of drug-likeness (QED) is 0.638. The summed E-state index contributed by atoms with van der Waals surface area (Å²) in [5, 5.41) is 18.8. The second kappa shape index (κ2) is 6.48. The minimum absolute atomic E-state index is 0.565. The Labute approximate surface area is 108 Å². The summed E-state index contributed by atoms with van der Waals surface area (Å²) >= 11 is 1.94. The van der Waals surface area contributed by atoms with E-state index in [4.69, 9.17) is 10.0 Å². The van der Waals surface area contributed by atoms with Crippen molar-refractivity contribution >= 4 is 24.3 Å². The summed E-state index contributed by atoms with van der Waals surface area (Å²) in [5.41, 5.74) is 0.565. The molecule has 0 aliphatic heterocycles. The summed E-state index contributed by atoms with van der Waals surface area (Å²) in [6.07, 6.45) is 8.10. The van der Waals surface area contributed by atoms with E-state index in [0.717, 1.165) is 5.25 Å². The van der Waals surface area contributed by atoms with Crippen LogP contribution in [0.1, 0.15) is 38.5 Å². The van der Waals surface area contributed by atoms with Crippen LogP contribution in [0.3, 0.4) is 0 Å². The van der Waals surface area contributed by atoms with Crippen molar-refractivity contribution in [2.45, 2.75) is 48.7 Å². The van der Waals surface area contributed by atoms with E-state index >= 15 is 0 Å². The van der Waals surface area contributed by atoms with Crippen molar-refractivity contribution in [1.29, 1.82) is 0 Å². The Bertz CT molecular complexity index is 332. The van der Waals surface area contributed by atoms with Gasteiger partial charge in [-0.3, -0.25) is 0 Å². The van der Waals surface area contributed by atoms with E-state index in [1.54, 1.807) is 12.1 Å². The highest BCUT2D eigenvalue weighted by Crippen LogP contribution is 2.32. The van der Waals surface area contributed by atoms with E-state index in [9.17, 15) is 0 Å². The molecule has 2 rings (SSSR count). The lowest BCUT2D eigenvalue weighted by Crippen LogP contribution is -2.29. The molecule has 1 saturated carbocycles. The van der Waals surface area contributed by atoms with Gasteiger partial charge < -0.3 is 10.0 Å². The third-order valence-electron chi connectivity index (χ3n) is 3.28. The molecule has 0 bridgehead atoms. The number of thioether (sulfide) groups is 1. The Morgan fingerprint density at radius 1 is 0.941 bits per heavy atom. The van der Waals surface area contributed by atoms with Crippen LogP contribution in [0.5, 0.6) is 0 Å². The molecule has 1 fully saturated rings. The van der Waals surface area contributed by atoms with E-state index < -0.39 is 7.12 Å². The molecule has 1 aliphatic rings. The molecular weight excluding hydrogens is 231 g/mol. The Morgan fingerprint density at radius 3 is 2.06 bits per heavy atom. The maximum Gasteiger partial charge on any atom is 0.488 e. The first-order valence-electron chi connectivity index (χ1n) is 6.38. The van der Waals surface area contributed by atoms with Gasteiger partial charge in [-0.15, -0.1) is 11.8 Å². The van der Waals surface area contributed by atoms with Gasteiger partial charge in [0.05, 0.1) is 0 Å².